The highest BCUT2D eigenvalue weighted by molar-refractivity contribution is 7.14. The van der Waals surface area contributed by atoms with E-state index in [0.717, 1.165) is 18.9 Å². The summed E-state index contributed by atoms with van der Waals surface area (Å²) >= 11 is 1.05. The summed E-state index contributed by atoms with van der Waals surface area (Å²) in [5, 5.41) is 17.2. The van der Waals surface area contributed by atoms with E-state index in [1.807, 2.05) is 6.92 Å². The minimum absolute atomic E-state index is 0.0317. The Morgan fingerprint density at radius 3 is 2.11 bits per heavy atom. The number of carbonyl (C=O) groups excluding carboxylic acids is 2. The van der Waals surface area contributed by atoms with Crippen molar-refractivity contribution in [3.8, 4) is 11.5 Å². The molecule has 0 spiro atoms. The molecule has 0 atom stereocenters. The van der Waals surface area contributed by atoms with Gasteiger partial charge in [0.05, 0.1) is 23.5 Å². The minimum atomic E-state index is -2.74. The zero-order valence-electron chi connectivity index (χ0n) is 20.5. The lowest BCUT2D eigenvalue weighted by atomic mass is 10.1. The number of rotatable bonds is 9. The molecule has 2 aromatic rings. The van der Waals surface area contributed by atoms with Crippen molar-refractivity contribution in [3.63, 3.8) is 0 Å². The summed E-state index contributed by atoms with van der Waals surface area (Å²) < 4.78 is 65.3. The number of piperidine rings is 1. The van der Waals surface area contributed by atoms with Crippen LogP contribution in [0.15, 0.2) is 12.1 Å². The Balaban J connectivity index is 0.000000352. The summed E-state index contributed by atoms with van der Waals surface area (Å²) in [6.45, 7) is 3.33. The van der Waals surface area contributed by atoms with E-state index < -0.39 is 40.3 Å². The summed E-state index contributed by atoms with van der Waals surface area (Å²) in [5.74, 6) is -2.60. The van der Waals surface area contributed by atoms with Crippen LogP contribution in [0.4, 0.5) is 22.4 Å². The van der Waals surface area contributed by atoms with E-state index in [1.165, 1.54) is 13.2 Å². The quantitative estimate of drug-likeness (QED) is 0.199. The van der Waals surface area contributed by atoms with Gasteiger partial charge in [0.15, 0.2) is 9.75 Å². The van der Waals surface area contributed by atoms with Crippen LogP contribution in [-0.2, 0) is 9.47 Å². The monoisotopic (exact) mass is 585 g/mol. The third-order valence-corrected chi connectivity index (χ3v) is 7.38. The Hall–Kier alpha value is -3.07. The summed E-state index contributed by atoms with van der Waals surface area (Å²) in [6, 6.07) is 1.95. The molecule has 0 radical (unpaired) electrons. The first-order chi connectivity index (χ1) is 18.0. The molecule has 9 nitrogen and oxygen atoms in total. The standard InChI is InChI=1S/C17H23F2NO5S.C6H4F2O3S/c1-3-4-9-24-17(22)20-7-5-11(6-8-20)25-12-10-13(15(18)19)26-14(12)16(21)23-2;7-5(8)3-1-2(9)4(12-3)6(10)11/h10-11,15H,3-9H2,1-2H3;1,5,9H,(H,10,11). The number of carboxylic acids is 1. The van der Waals surface area contributed by atoms with Crippen LogP contribution in [0.25, 0.3) is 0 Å². The Bertz CT molecular complexity index is 1080. The number of methoxy groups -OCH3 is 1. The number of likely N-dealkylation sites (tertiary alicyclic amines) is 1. The first-order valence-corrected chi connectivity index (χ1v) is 13.0. The average molecular weight is 586 g/mol. The second-order valence-electron chi connectivity index (χ2n) is 7.88. The normalized spacial score (nSPS) is 13.7. The molecule has 0 aromatic carbocycles. The third kappa shape index (κ3) is 8.75. The number of thiophene rings is 2. The van der Waals surface area contributed by atoms with Crippen molar-refractivity contribution in [2.45, 2.75) is 51.6 Å². The van der Waals surface area contributed by atoms with Gasteiger partial charge in [-0.05, 0) is 6.42 Å². The topological polar surface area (TPSA) is 123 Å². The van der Waals surface area contributed by atoms with Crippen molar-refractivity contribution >= 4 is 40.7 Å². The predicted octanol–water partition coefficient (Wildman–Crippen LogP) is 6.34. The van der Waals surface area contributed by atoms with E-state index >= 15 is 0 Å². The number of amides is 1. The molecule has 1 saturated heterocycles. The van der Waals surface area contributed by atoms with Crippen LogP contribution in [0, 0.1) is 0 Å². The van der Waals surface area contributed by atoms with Crippen LogP contribution in [0.3, 0.4) is 0 Å². The van der Waals surface area contributed by atoms with Gasteiger partial charge >= 0.3 is 18.0 Å². The van der Waals surface area contributed by atoms with Crippen molar-refractivity contribution in [3.05, 3.63) is 31.6 Å². The van der Waals surface area contributed by atoms with Crippen LogP contribution in [0.1, 0.15) is 74.6 Å². The van der Waals surface area contributed by atoms with Crippen LogP contribution in [-0.4, -0.2) is 66.1 Å². The van der Waals surface area contributed by atoms with E-state index in [1.54, 1.807) is 4.90 Å². The van der Waals surface area contributed by atoms with Crippen LogP contribution in [0.2, 0.25) is 0 Å². The van der Waals surface area contributed by atoms with E-state index in [4.69, 9.17) is 19.7 Å². The zero-order valence-corrected chi connectivity index (χ0v) is 22.1. The van der Waals surface area contributed by atoms with Gasteiger partial charge in [0.25, 0.3) is 12.9 Å². The van der Waals surface area contributed by atoms with Crippen LogP contribution in [0.5, 0.6) is 11.5 Å². The number of ether oxygens (including phenoxy) is 3. The summed E-state index contributed by atoms with van der Waals surface area (Å²) in [6.07, 6.45) is -3.19. The van der Waals surface area contributed by atoms with Gasteiger partial charge < -0.3 is 29.3 Å². The van der Waals surface area contributed by atoms with Crippen molar-refractivity contribution in [1.29, 1.82) is 0 Å². The fourth-order valence-electron chi connectivity index (χ4n) is 3.21. The number of carbonyl (C=O) groups is 3. The number of nitrogens with zero attached hydrogens (tertiary/aromatic N) is 1. The van der Waals surface area contributed by atoms with Crippen LogP contribution < -0.4 is 4.74 Å². The second kappa shape index (κ2) is 14.8. The van der Waals surface area contributed by atoms with Gasteiger partial charge in [0, 0.05) is 38.1 Å². The lowest BCUT2D eigenvalue weighted by Gasteiger charge is -2.31. The molecule has 2 N–H and O–H groups in total. The molecule has 1 fully saturated rings. The third-order valence-electron chi connectivity index (χ3n) is 5.16. The second-order valence-corrected chi connectivity index (χ2v) is 10.0. The summed E-state index contributed by atoms with van der Waals surface area (Å²) in [5.41, 5.74) is 0. The molecule has 0 saturated carbocycles. The van der Waals surface area contributed by atoms with Gasteiger partial charge in [-0.1, -0.05) is 13.3 Å². The number of alkyl halides is 4. The number of carboxylic acid groups (broad SMARTS) is 1. The lowest BCUT2D eigenvalue weighted by molar-refractivity contribution is 0.0580. The van der Waals surface area contributed by atoms with Gasteiger partial charge in [-0.2, -0.15) is 0 Å². The number of halogens is 4. The highest BCUT2D eigenvalue weighted by Gasteiger charge is 2.28. The molecule has 0 unspecified atom stereocenters. The maximum Gasteiger partial charge on any atom is 0.409 e. The number of aromatic carboxylic acids is 1. The Labute approximate surface area is 223 Å². The van der Waals surface area contributed by atoms with Crippen molar-refractivity contribution in [2.24, 2.45) is 0 Å². The van der Waals surface area contributed by atoms with Crippen molar-refractivity contribution in [1.82, 2.24) is 4.90 Å². The molecule has 0 aliphatic carbocycles. The summed E-state index contributed by atoms with van der Waals surface area (Å²) in [7, 11) is 1.19. The number of hydrogen-bond acceptors (Lipinski definition) is 9. The lowest BCUT2D eigenvalue weighted by Crippen LogP contribution is -2.42. The highest BCUT2D eigenvalue weighted by Crippen LogP contribution is 2.37. The summed E-state index contributed by atoms with van der Waals surface area (Å²) in [4.78, 5) is 34.5. The molecule has 1 amide bonds. The SMILES string of the molecule is CCCCOC(=O)N1CCC(Oc2cc(C(F)F)sc2C(=O)OC)CC1.O=C(O)c1sc(C(F)F)cc1O. The van der Waals surface area contributed by atoms with Gasteiger partial charge in [-0.3, -0.25) is 0 Å². The minimum Gasteiger partial charge on any atom is -0.506 e. The van der Waals surface area contributed by atoms with E-state index in [9.17, 15) is 31.9 Å². The number of aromatic hydroxyl groups is 1. The van der Waals surface area contributed by atoms with Gasteiger partial charge in [0.1, 0.15) is 17.6 Å². The van der Waals surface area contributed by atoms with E-state index in [2.05, 4.69) is 4.74 Å². The zero-order chi connectivity index (χ0) is 28.4. The highest BCUT2D eigenvalue weighted by atomic mass is 32.1. The molecule has 0 bridgehead atoms. The number of unbranched alkanes of at least 4 members (excludes halogenated alkanes) is 1. The molecule has 3 rings (SSSR count). The average Bonchev–Trinajstić information content (AvgIpc) is 3.48. The Kier molecular flexibility index (Phi) is 12.1. The van der Waals surface area contributed by atoms with Gasteiger partial charge in [-0.25, -0.2) is 31.9 Å². The number of esters is 1. The maximum atomic E-state index is 12.9. The Morgan fingerprint density at radius 1 is 1.05 bits per heavy atom. The van der Waals surface area contributed by atoms with Crippen molar-refractivity contribution < 1.29 is 56.4 Å². The molecule has 15 heteroatoms. The van der Waals surface area contributed by atoms with E-state index in [-0.39, 0.29) is 27.7 Å². The molecule has 38 heavy (non-hydrogen) atoms. The fraction of sp³-hybridized carbons (Fsp3) is 0.522. The molecule has 2 aromatic heterocycles. The number of hydrogen-bond donors (Lipinski definition) is 2. The molecule has 1 aliphatic heterocycles. The van der Waals surface area contributed by atoms with Gasteiger partial charge in [-0.15, -0.1) is 22.7 Å². The van der Waals surface area contributed by atoms with E-state index in [0.29, 0.717) is 55.2 Å². The predicted molar refractivity (Wildman–Crippen MR) is 130 cm³/mol. The molecule has 212 valence electrons. The fourth-order valence-corrected chi connectivity index (χ4v) is 4.83. The smallest absolute Gasteiger partial charge is 0.409 e. The largest absolute Gasteiger partial charge is 0.506 e. The first kappa shape index (κ1) is 31.1. The molecular formula is C23H27F4NO8S2. The van der Waals surface area contributed by atoms with Crippen molar-refractivity contribution in [2.75, 3.05) is 26.8 Å². The molecular weight excluding hydrogens is 558 g/mol. The molecule has 3 heterocycles. The molecule has 1 aliphatic rings. The van der Waals surface area contributed by atoms with Gasteiger partial charge in [0.2, 0.25) is 0 Å². The Morgan fingerprint density at radius 2 is 1.63 bits per heavy atom. The first-order valence-electron chi connectivity index (χ1n) is 11.4. The maximum absolute atomic E-state index is 12.9. The van der Waals surface area contributed by atoms with Crippen LogP contribution >= 0.6 is 22.7 Å².